The van der Waals surface area contributed by atoms with E-state index in [0.29, 0.717) is 35.8 Å². The summed E-state index contributed by atoms with van der Waals surface area (Å²) in [6.07, 6.45) is 1.68. The number of rotatable bonds is 4. The predicted molar refractivity (Wildman–Crippen MR) is 107 cm³/mol. The Morgan fingerprint density at radius 3 is 2.63 bits per heavy atom. The Hall–Kier alpha value is -3.08. The fourth-order valence-electron chi connectivity index (χ4n) is 2.94. The molecule has 0 spiro atoms. The largest absolute Gasteiger partial charge is 0.490 e. The molecule has 5 heteroatoms. The van der Waals surface area contributed by atoms with Gasteiger partial charge in [0.05, 0.1) is 11.1 Å². The standard InChI is InChI=1S/C22H24N2O3/c1-5-12-24-18-13-17(23-20(25)16-8-6-15(2)7-9-16)10-11-19(18)27-14-22(3,4)21(24)26/h5-11,13H,1,12,14H2,2-4H3,(H,23,25). The summed E-state index contributed by atoms with van der Waals surface area (Å²) in [4.78, 5) is 27.1. The summed E-state index contributed by atoms with van der Waals surface area (Å²) >= 11 is 0. The van der Waals surface area contributed by atoms with Gasteiger partial charge in [0.15, 0.2) is 0 Å². The van der Waals surface area contributed by atoms with Crippen LogP contribution in [-0.4, -0.2) is 25.0 Å². The number of fused-ring (bicyclic) bond motifs is 1. The lowest BCUT2D eigenvalue weighted by atomic mass is 9.93. The number of carbonyl (C=O) groups excluding carboxylic acids is 2. The maximum atomic E-state index is 12.9. The van der Waals surface area contributed by atoms with Crippen molar-refractivity contribution in [1.29, 1.82) is 0 Å². The van der Waals surface area contributed by atoms with Gasteiger partial charge in [-0.3, -0.25) is 9.59 Å². The summed E-state index contributed by atoms with van der Waals surface area (Å²) in [7, 11) is 0. The van der Waals surface area contributed by atoms with Gasteiger partial charge in [0, 0.05) is 17.8 Å². The summed E-state index contributed by atoms with van der Waals surface area (Å²) in [5, 5.41) is 2.89. The van der Waals surface area contributed by atoms with Crippen molar-refractivity contribution in [1.82, 2.24) is 0 Å². The van der Waals surface area contributed by atoms with Crippen LogP contribution in [0.3, 0.4) is 0 Å². The SMILES string of the molecule is C=CCN1C(=O)C(C)(C)COc2ccc(NC(=O)c3ccc(C)cc3)cc21. The Bertz CT molecular complexity index is 885. The van der Waals surface area contributed by atoms with Crippen molar-refractivity contribution in [2.45, 2.75) is 20.8 Å². The summed E-state index contributed by atoms with van der Waals surface area (Å²) in [5.41, 5.74) is 2.26. The zero-order chi connectivity index (χ0) is 19.6. The molecular weight excluding hydrogens is 340 g/mol. The minimum atomic E-state index is -0.645. The number of nitrogens with zero attached hydrogens (tertiary/aromatic N) is 1. The number of ether oxygens (including phenoxy) is 1. The second-order valence-corrected chi connectivity index (χ2v) is 7.38. The van der Waals surface area contributed by atoms with E-state index in [2.05, 4.69) is 11.9 Å². The molecule has 2 aromatic carbocycles. The molecule has 1 aliphatic heterocycles. The Morgan fingerprint density at radius 2 is 1.96 bits per heavy atom. The molecule has 2 aromatic rings. The van der Waals surface area contributed by atoms with Gasteiger partial charge in [-0.25, -0.2) is 0 Å². The molecule has 0 bridgehead atoms. The van der Waals surface area contributed by atoms with Crippen molar-refractivity contribution in [3.05, 3.63) is 66.2 Å². The maximum Gasteiger partial charge on any atom is 0.255 e. The molecule has 2 amide bonds. The zero-order valence-electron chi connectivity index (χ0n) is 15.9. The smallest absolute Gasteiger partial charge is 0.255 e. The van der Waals surface area contributed by atoms with Crippen LogP contribution >= 0.6 is 0 Å². The number of aryl methyl sites for hydroxylation is 1. The molecular formula is C22H24N2O3. The number of nitrogens with one attached hydrogen (secondary N) is 1. The van der Waals surface area contributed by atoms with E-state index in [1.807, 2.05) is 32.9 Å². The molecule has 27 heavy (non-hydrogen) atoms. The van der Waals surface area contributed by atoms with Crippen molar-refractivity contribution in [2.24, 2.45) is 5.41 Å². The Labute approximate surface area is 159 Å². The van der Waals surface area contributed by atoms with Gasteiger partial charge < -0.3 is 15.0 Å². The first-order valence-electron chi connectivity index (χ1n) is 8.89. The van der Waals surface area contributed by atoms with Crippen LogP contribution < -0.4 is 15.0 Å². The highest BCUT2D eigenvalue weighted by Gasteiger charge is 2.37. The van der Waals surface area contributed by atoms with Crippen molar-refractivity contribution < 1.29 is 14.3 Å². The number of amides is 2. The molecule has 0 atom stereocenters. The second-order valence-electron chi connectivity index (χ2n) is 7.38. The number of hydrogen-bond acceptors (Lipinski definition) is 3. The lowest BCUT2D eigenvalue weighted by Crippen LogP contribution is -2.42. The summed E-state index contributed by atoms with van der Waals surface area (Å²) in [6.45, 7) is 10.1. The Morgan fingerprint density at radius 1 is 1.26 bits per heavy atom. The topological polar surface area (TPSA) is 58.6 Å². The Kier molecular flexibility index (Phi) is 5.04. The van der Waals surface area contributed by atoms with Crippen molar-refractivity contribution in [2.75, 3.05) is 23.4 Å². The van der Waals surface area contributed by atoms with E-state index < -0.39 is 5.41 Å². The normalized spacial score (nSPS) is 15.4. The van der Waals surface area contributed by atoms with Gasteiger partial charge in [-0.15, -0.1) is 6.58 Å². The van der Waals surface area contributed by atoms with Crippen LogP contribution in [0.1, 0.15) is 29.8 Å². The molecule has 0 aliphatic carbocycles. The van der Waals surface area contributed by atoms with E-state index in [0.717, 1.165) is 5.56 Å². The first-order chi connectivity index (χ1) is 12.8. The van der Waals surface area contributed by atoms with Gasteiger partial charge in [-0.2, -0.15) is 0 Å². The van der Waals surface area contributed by atoms with E-state index in [9.17, 15) is 9.59 Å². The maximum absolute atomic E-state index is 12.9. The van der Waals surface area contributed by atoms with Gasteiger partial charge in [-0.1, -0.05) is 23.8 Å². The second kappa shape index (κ2) is 7.27. The predicted octanol–water partition coefficient (Wildman–Crippen LogP) is 4.18. The van der Waals surface area contributed by atoms with Crippen LogP contribution in [0.25, 0.3) is 0 Å². The van der Waals surface area contributed by atoms with E-state index in [-0.39, 0.29) is 11.8 Å². The first kappa shape index (κ1) is 18.7. The highest BCUT2D eigenvalue weighted by Crippen LogP contribution is 2.38. The lowest BCUT2D eigenvalue weighted by Gasteiger charge is -2.27. The molecule has 3 rings (SSSR count). The fraction of sp³-hybridized carbons (Fsp3) is 0.273. The lowest BCUT2D eigenvalue weighted by molar-refractivity contribution is -0.127. The van der Waals surface area contributed by atoms with Gasteiger partial charge in [0.1, 0.15) is 12.4 Å². The monoisotopic (exact) mass is 364 g/mol. The van der Waals surface area contributed by atoms with Crippen LogP contribution in [0.5, 0.6) is 5.75 Å². The fourth-order valence-corrected chi connectivity index (χ4v) is 2.94. The number of benzene rings is 2. The van der Waals surface area contributed by atoms with Crippen LogP contribution in [-0.2, 0) is 4.79 Å². The highest BCUT2D eigenvalue weighted by atomic mass is 16.5. The molecule has 0 saturated heterocycles. The minimum absolute atomic E-state index is 0.0387. The van der Waals surface area contributed by atoms with Gasteiger partial charge in [0.2, 0.25) is 5.91 Å². The number of carbonyl (C=O) groups is 2. The number of anilines is 2. The Balaban J connectivity index is 1.92. The average Bonchev–Trinajstić information content (AvgIpc) is 2.73. The van der Waals surface area contributed by atoms with E-state index in [4.69, 9.17) is 4.74 Å². The summed E-state index contributed by atoms with van der Waals surface area (Å²) in [6, 6.07) is 12.7. The van der Waals surface area contributed by atoms with Crippen LogP contribution in [0.4, 0.5) is 11.4 Å². The molecule has 0 aromatic heterocycles. The van der Waals surface area contributed by atoms with Crippen LogP contribution in [0, 0.1) is 12.3 Å². The highest BCUT2D eigenvalue weighted by molar-refractivity contribution is 6.05. The van der Waals surface area contributed by atoms with E-state index >= 15 is 0 Å². The van der Waals surface area contributed by atoms with Crippen molar-refractivity contribution in [3.63, 3.8) is 0 Å². The van der Waals surface area contributed by atoms with Gasteiger partial charge in [0.25, 0.3) is 5.91 Å². The molecule has 140 valence electrons. The van der Waals surface area contributed by atoms with Crippen molar-refractivity contribution >= 4 is 23.2 Å². The molecule has 0 fully saturated rings. The average molecular weight is 364 g/mol. The molecule has 1 aliphatic rings. The quantitative estimate of drug-likeness (QED) is 0.828. The third-order valence-corrected chi connectivity index (χ3v) is 4.55. The summed E-state index contributed by atoms with van der Waals surface area (Å²) < 4.78 is 5.86. The molecule has 5 nitrogen and oxygen atoms in total. The molecule has 1 heterocycles. The van der Waals surface area contributed by atoms with Crippen LogP contribution in [0.2, 0.25) is 0 Å². The van der Waals surface area contributed by atoms with E-state index in [1.54, 1.807) is 41.3 Å². The zero-order valence-corrected chi connectivity index (χ0v) is 15.9. The third kappa shape index (κ3) is 3.87. The van der Waals surface area contributed by atoms with Gasteiger partial charge >= 0.3 is 0 Å². The minimum Gasteiger partial charge on any atom is -0.490 e. The van der Waals surface area contributed by atoms with Crippen molar-refractivity contribution in [3.8, 4) is 5.75 Å². The van der Waals surface area contributed by atoms with Gasteiger partial charge in [-0.05, 0) is 51.1 Å². The molecule has 0 saturated carbocycles. The summed E-state index contributed by atoms with van der Waals surface area (Å²) in [5.74, 6) is 0.374. The van der Waals surface area contributed by atoms with E-state index in [1.165, 1.54) is 0 Å². The third-order valence-electron chi connectivity index (χ3n) is 4.55. The van der Waals surface area contributed by atoms with Crippen LogP contribution in [0.15, 0.2) is 55.1 Å². The molecule has 0 unspecified atom stereocenters. The number of hydrogen-bond donors (Lipinski definition) is 1. The first-order valence-corrected chi connectivity index (χ1v) is 8.89. The molecule has 0 radical (unpaired) electrons. The molecule has 1 N–H and O–H groups in total.